The number of carbonyl (C=O) groups excluding carboxylic acids is 1. The Bertz CT molecular complexity index is 472. The lowest BCUT2D eigenvalue weighted by Gasteiger charge is -2.24. The van der Waals surface area contributed by atoms with Crippen LogP contribution in [0.5, 0.6) is 0 Å². The van der Waals surface area contributed by atoms with Crippen molar-refractivity contribution in [3.8, 4) is 0 Å². The molecular formula is C12H17BrN2O3S. The first-order valence-electron chi connectivity index (χ1n) is 6.03. The van der Waals surface area contributed by atoms with E-state index in [2.05, 4.69) is 20.9 Å². The van der Waals surface area contributed by atoms with Gasteiger partial charge in [-0.25, -0.2) is 9.78 Å². The molecule has 106 valence electrons. The maximum atomic E-state index is 12.0. The maximum absolute atomic E-state index is 12.0. The lowest BCUT2D eigenvalue weighted by Crippen LogP contribution is -2.35. The molecule has 2 heterocycles. The van der Waals surface area contributed by atoms with Crippen molar-refractivity contribution in [2.75, 3.05) is 13.1 Å². The number of rotatable bonds is 1. The van der Waals surface area contributed by atoms with Crippen molar-refractivity contribution in [3.05, 3.63) is 15.0 Å². The van der Waals surface area contributed by atoms with Gasteiger partial charge >= 0.3 is 6.09 Å². The number of nitrogens with zero attached hydrogens (tertiary/aromatic N) is 2. The molecule has 0 saturated carbocycles. The molecule has 0 unspecified atom stereocenters. The summed E-state index contributed by atoms with van der Waals surface area (Å²) in [5.41, 5.74) is -0.523. The molecule has 0 spiro atoms. The normalized spacial score (nSPS) is 23.7. The highest BCUT2D eigenvalue weighted by Crippen LogP contribution is 2.31. The highest BCUT2D eigenvalue weighted by Gasteiger charge is 2.38. The van der Waals surface area contributed by atoms with Gasteiger partial charge in [0.05, 0.1) is 18.6 Å². The number of amides is 1. The summed E-state index contributed by atoms with van der Waals surface area (Å²) in [5.74, 6) is -0.135. The smallest absolute Gasteiger partial charge is 0.410 e. The van der Waals surface area contributed by atoms with Crippen LogP contribution in [0.4, 0.5) is 4.79 Å². The van der Waals surface area contributed by atoms with Crippen LogP contribution in [0.3, 0.4) is 0 Å². The van der Waals surface area contributed by atoms with Gasteiger partial charge in [-0.2, -0.15) is 0 Å². The van der Waals surface area contributed by atoms with Crippen molar-refractivity contribution in [2.24, 2.45) is 0 Å². The highest BCUT2D eigenvalue weighted by molar-refractivity contribution is 9.10. The van der Waals surface area contributed by atoms with Crippen LogP contribution in [-0.4, -0.2) is 45.9 Å². The minimum Gasteiger partial charge on any atom is -0.444 e. The van der Waals surface area contributed by atoms with Crippen LogP contribution in [0.15, 0.2) is 9.98 Å². The van der Waals surface area contributed by atoms with Crippen LogP contribution in [-0.2, 0) is 4.74 Å². The number of aliphatic hydroxyl groups excluding tert-OH is 1. The number of likely N-dealkylation sites (tertiary alicyclic amines) is 1. The highest BCUT2D eigenvalue weighted by atomic mass is 79.9. The van der Waals surface area contributed by atoms with E-state index in [1.54, 1.807) is 0 Å². The number of halogens is 1. The summed E-state index contributed by atoms with van der Waals surface area (Å²) in [6, 6.07) is 0. The summed E-state index contributed by atoms with van der Waals surface area (Å²) >= 11 is 4.78. The van der Waals surface area contributed by atoms with Crippen LogP contribution in [0.1, 0.15) is 31.7 Å². The summed E-state index contributed by atoms with van der Waals surface area (Å²) in [4.78, 5) is 17.8. The van der Waals surface area contributed by atoms with Gasteiger partial charge in [0.25, 0.3) is 0 Å². The molecule has 19 heavy (non-hydrogen) atoms. The number of thiazole rings is 1. The van der Waals surface area contributed by atoms with Gasteiger partial charge in [-0.15, -0.1) is 11.3 Å². The van der Waals surface area contributed by atoms with Crippen molar-refractivity contribution >= 4 is 33.4 Å². The van der Waals surface area contributed by atoms with E-state index in [0.29, 0.717) is 6.54 Å². The predicted molar refractivity (Wildman–Crippen MR) is 76.4 cm³/mol. The second kappa shape index (κ2) is 5.38. The van der Waals surface area contributed by atoms with Gasteiger partial charge in [-0.05, 0) is 36.7 Å². The molecule has 0 aromatic carbocycles. The van der Waals surface area contributed by atoms with Gasteiger partial charge in [0, 0.05) is 11.9 Å². The Hall–Kier alpha value is -0.660. The van der Waals surface area contributed by atoms with Crippen molar-refractivity contribution < 1.29 is 14.6 Å². The molecule has 1 aromatic heterocycles. The molecule has 7 heteroatoms. The Morgan fingerprint density at radius 2 is 2.26 bits per heavy atom. The molecule has 0 bridgehead atoms. The number of ether oxygens (including phenoxy) is 1. The molecule has 1 fully saturated rings. The molecule has 1 N–H and O–H groups in total. The minimum absolute atomic E-state index is 0.135. The first-order chi connectivity index (χ1) is 8.76. The van der Waals surface area contributed by atoms with Crippen LogP contribution in [0.2, 0.25) is 0 Å². The number of hydrogen-bond acceptors (Lipinski definition) is 5. The van der Waals surface area contributed by atoms with Crippen LogP contribution in [0, 0.1) is 0 Å². The molecule has 1 aliphatic rings. The second-order valence-corrected chi connectivity index (χ2v) is 7.27. The zero-order valence-corrected chi connectivity index (χ0v) is 13.5. The number of aromatic nitrogens is 1. The molecule has 5 nitrogen and oxygen atoms in total. The molecule has 0 radical (unpaired) electrons. The molecule has 2 rings (SSSR count). The predicted octanol–water partition coefficient (Wildman–Crippen LogP) is 2.60. The van der Waals surface area contributed by atoms with Crippen LogP contribution < -0.4 is 0 Å². The SMILES string of the molecule is CC(C)(C)OC(=O)N1C[C@@H](O)[C@H](c2nc(Br)cs2)C1. The first kappa shape index (κ1) is 14.7. The molecule has 0 aliphatic carbocycles. The average molecular weight is 349 g/mol. The van der Waals surface area contributed by atoms with Crippen LogP contribution >= 0.6 is 27.3 Å². The zero-order chi connectivity index (χ0) is 14.2. The van der Waals surface area contributed by atoms with Gasteiger partial charge in [0.1, 0.15) is 15.2 Å². The summed E-state index contributed by atoms with van der Waals surface area (Å²) in [7, 11) is 0. The van der Waals surface area contributed by atoms with E-state index < -0.39 is 11.7 Å². The minimum atomic E-state index is -0.592. The molecule has 1 saturated heterocycles. The quantitative estimate of drug-likeness (QED) is 0.847. The van der Waals surface area contributed by atoms with Gasteiger partial charge in [0.2, 0.25) is 0 Å². The Morgan fingerprint density at radius 1 is 1.58 bits per heavy atom. The third kappa shape index (κ3) is 3.67. The van der Waals surface area contributed by atoms with E-state index >= 15 is 0 Å². The van der Waals surface area contributed by atoms with E-state index in [4.69, 9.17) is 4.74 Å². The summed E-state index contributed by atoms with van der Waals surface area (Å²) < 4.78 is 6.07. The lowest BCUT2D eigenvalue weighted by molar-refractivity contribution is 0.0270. The van der Waals surface area contributed by atoms with Crippen molar-refractivity contribution in [1.82, 2.24) is 9.88 Å². The Morgan fingerprint density at radius 3 is 2.79 bits per heavy atom. The largest absolute Gasteiger partial charge is 0.444 e. The molecule has 1 aliphatic heterocycles. The second-order valence-electron chi connectivity index (χ2n) is 5.57. The van der Waals surface area contributed by atoms with Crippen molar-refractivity contribution in [1.29, 1.82) is 0 Å². The van der Waals surface area contributed by atoms with Crippen molar-refractivity contribution in [3.63, 3.8) is 0 Å². The first-order valence-corrected chi connectivity index (χ1v) is 7.70. The molecule has 1 amide bonds. The standard InChI is InChI=1S/C12H17BrN2O3S/c1-12(2,3)18-11(17)15-4-7(8(16)5-15)10-14-9(13)6-19-10/h6-8,16H,4-5H2,1-3H3/t7-,8-/m1/s1. The van der Waals surface area contributed by atoms with Gasteiger partial charge < -0.3 is 14.7 Å². The van der Waals surface area contributed by atoms with Crippen molar-refractivity contribution in [2.45, 2.75) is 38.4 Å². The van der Waals surface area contributed by atoms with Gasteiger partial charge in [-0.1, -0.05) is 0 Å². The number of β-amino-alcohol motifs (C(OH)–C–C–N with tert-alkyl or cyclic N) is 1. The molecular weight excluding hydrogens is 332 g/mol. The number of aliphatic hydroxyl groups is 1. The fourth-order valence-corrected chi connectivity index (χ4v) is 3.36. The topological polar surface area (TPSA) is 62.7 Å². The fraction of sp³-hybridized carbons (Fsp3) is 0.667. The third-order valence-electron chi connectivity index (χ3n) is 2.75. The van der Waals surface area contributed by atoms with Gasteiger partial charge in [-0.3, -0.25) is 0 Å². The lowest BCUT2D eigenvalue weighted by atomic mass is 10.1. The van der Waals surface area contributed by atoms with Gasteiger partial charge in [0.15, 0.2) is 0 Å². The van der Waals surface area contributed by atoms with E-state index in [1.165, 1.54) is 16.2 Å². The van der Waals surface area contributed by atoms with Crippen LogP contribution in [0.25, 0.3) is 0 Å². The summed E-state index contributed by atoms with van der Waals surface area (Å²) in [6.07, 6.45) is -0.977. The number of hydrogen-bond donors (Lipinski definition) is 1. The zero-order valence-electron chi connectivity index (χ0n) is 11.1. The third-order valence-corrected chi connectivity index (χ3v) is 4.44. The summed E-state index contributed by atoms with van der Waals surface area (Å²) in [6.45, 7) is 6.21. The average Bonchev–Trinajstić information content (AvgIpc) is 2.82. The Balaban J connectivity index is 2.03. The van der Waals surface area contributed by atoms with E-state index in [1.807, 2.05) is 26.2 Å². The fourth-order valence-electron chi connectivity index (χ4n) is 1.94. The van der Waals surface area contributed by atoms with E-state index in [0.717, 1.165) is 9.61 Å². The van der Waals surface area contributed by atoms with E-state index in [-0.39, 0.29) is 18.6 Å². The molecule has 1 aromatic rings. The monoisotopic (exact) mass is 348 g/mol. The Labute approximate surface area is 124 Å². The van der Waals surface area contributed by atoms with E-state index in [9.17, 15) is 9.90 Å². The summed E-state index contributed by atoms with van der Waals surface area (Å²) in [5, 5.41) is 12.8. The number of carbonyl (C=O) groups is 1. The Kier molecular flexibility index (Phi) is 4.17. The maximum Gasteiger partial charge on any atom is 0.410 e. The molecule has 2 atom stereocenters.